The standard InChI is InChI=1S/C9H17NO4/c1-8(2)13-7-14-9(11)10-3-5-12-6-4-10/h8H,3-7H2,1-2H3. The molecule has 82 valence electrons. The van der Waals surface area contributed by atoms with Crippen LogP contribution in [0.1, 0.15) is 13.8 Å². The molecule has 1 amide bonds. The lowest BCUT2D eigenvalue weighted by Gasteiger charge is -2.25. The molecule has 1 aliphatic rings. The Morgan fingerprint density at radius 1 is 1.43 bits per heavy atom. The van der Waals surface area contributed by atoms with Gasteiger partial charge in [0.2, 0.25) is 0 Å². The molecule has 1 heterocycles. The van der Waals surface area contributed by atoms with E-state index in [0.29, 0.717) is 26.3 Å². The molecule has 1 aliphatic heterocycles. The molecule has 0 bridgehead atoms. The van der Waals surface area contributed by atoms with Crippen molar-refractivity contribution in [3.05, 3.63) is 0 Å². The molecule has 0 saturated carbocycles. The summed E-state index contributed by atoms with van der Waals surface area (Å²) in [4.78, 5) is 13.0. The minimum Gasteiger partial charge on any atom is -0.422 e. The van der Waals surface area contributed by atoms with Gasteiger partial charge in [-0.2, -0.15) is 0 Å². The lowest BCUT2D eigenvalue weighted by atomic mass is 10.5. The summed E-state index contributed by atoms with van der Waals surface area (Å²) in [5, 5.41) is 0. The van der Waals surface area contributed by atoms with E-state index in [1.807, 2.05) is 13.8 Å². The first-order valence-electron chi connectivity index (χ1n) is 4.81. The van der Waals surface area contributed by atoms with Crippen molar-refractivity contribution in [2.24, 2.45) is 0 Å². The summed E-state index contributed by atoms with van der Waals surface area (Å²) in [6.07, 6.45) is -0.249. The van der Waals surface area contributed by atoms with Crippen LogP contribution < -0.4 is 0 Å². The Morgan fingerprint density at radius 2 is 2.07 bits per heavy atom. The minimum absolute atomic E-state index is 0.0217. The van der Waals surface area contributed by atoms with E-state index >= 15 is 0 Å². The van der Waals surface area contributed by atoms with E-state index in [2.05, 4.69) is 0 Å². The Morgan fingerprint density at radius 3 is 2.64 bits per heavy atom. The Hall–Kier alpha value is -0.810. The molecule has 5 nitrogen and oxygen atoms in total. The van der Waals surface area contributed by atoms with Gasteiger partial charge in [0.15, 0.2) is 6.79 Å². The van der Waals surface area contributed by atoms with Crippen LogP contribution >= 0.6 is 0 Å². The van der Waals surface area contributed by atoms with Gasteiger partial charge in [0.25, 0.3) is 0 Å². The van der Waals surface area contributed by atoms with Crippen LogP contribution in [-0.4, -0.2) is 50.2 Å². The summed E-state index contributed by atoms with van der Waals surface area (Å²) in [6.45, 7) is 6.17. The predicted octanol–water partition coefficient (Wildman–Crippen LogP) is 0.838. The summed E-state index contributed by atoms with van der Waals surface area (Å²) in [7, 11) is 0. The van der Waals surface area contributed by atoms with Gasteiger partial charge in [0.1, 0.15) is 0 Å². The van der Waals surface area contributed by atoms with Crippen LogP contribution in [-0.2, 0) is 14.2 Å². The van der Waals surface area contributed by atoms with Gasteiger partial charge in [0, 0.05) is 13.1 Å². The molecule has 5 heteroatoms. The fourth-order valence-corrected chi connectivity index (χ4v) is 1.06. The van der Waals surface area contributed by atoms with Gasteiger partial charge in [-0.1, -0.05) is 0 Å². The number of hydrogen-bond donors (Lipinski definition) is 0. The zero-order valence-electron chi connectivity index (χ0n) is 8.69. The third-order valence-corrected chi connectivity index (χ3v) is 1.85. The van der Waals surface area contributed by atoms with Crippen LogP contribution in [0.5, 0.6) is 0 Å². The fourth-order valence-electron chi connectivity index (χ4n) is 1.06. The maximum Gasteiger partial charge on any atom is 0.412 e. The highest BCUT2D eigenvalue weighted by atomic mass is 16.7. The third kappa shape index (κ3) is 3.93. The highest BCUT2D eigenvalue weighted by molar-refractivity contribution is 5.67. The number of carbonyl (C=O) groups excluding carboxylic acids is 1. The van der Waals surface area contributed by atoms with Crippen molar-refractivity contribution in [1.82, 2.24) is 4.90 Å². The van der Waals surface area contributed by atoms with E-state index in [4.69, 9.17) is 14.2 Å². The van der Waals surface area contributed by atoms with E-state index in [9.17, 15) is 4.79 Å². The van der Waals surface area contributed by atoms with Crippen LogP contribution in [0.3, 0.4) is 0 Å². The number of carbonyl (C=O) groups is 1. The molecule has 0 radical (unpaired) electrons. The number of hydrogen-bond acceptors (Lipinski definition) is 4. The molecule has 0 atom stereocenters. The molecule has 0 N–H and O–H groups in total. The van der Waals surface area contributed by atoms with Crippen LogP contribution in [0.2, 0.25) is 0 Å². The third-order valence-electron chi connectivity index (χ3n) is 1.85. The number of ether oxygens (including phenoxy) is 3. The van der Waals surface area contributed by atoms with E-state index in [-0.39, 0.29) is 19.0 Å². The molecule has 14 heavy (non-hydrogen) atoms. The SMILES string of the molecule is CC(C)OCOC(=O)N1CCOCC1. The number of rotatable bonds is 3. The molecule has 1 rings (SSSR count). The van der Waals surface area contributed by atoms with Crippen LogP contribution in [0.4, 0.5) is 4.79 Å². The fraction of sp³-hybridized carbons (Fsp3) is 0.889. The molecule has 0 aromatic rings. The smallest absolute Gasteiger partial charge is 0.412 e. The topological polar surface area (TPSA) is 48.0 Å². The van der Waals surface area contributed by atoms with Gasteiger partial charge < -0.3 is 19.1 Å². The highest BCUT2D eigenvalue weighted by Gasteiger charge is 2.17. The minimum atomic E-state index is -0.325. The van der Waals surface area contributed by atoms with Crippen molar-refractivity contribution < 1.29 is 19.0 Å². The summed E-state index contributed by atoms with van der Waals surface area (Å²) in [5.41, 5.74) is 0. The zero-order valence-corrected chi connectivity index (χ0v) is 8.69. The van der Waals surface area contributed by atoms with Crippen LogP contribution in [0.25, 0.3) is 0 Å². The van der Waals surface area contributed by atoms with Crippen molar-refractivity contribution >= 4 is 6.09 Å². The monoisotopic (exact) mass is 203 g/mol. The van der Waals surface area contributed by atoms with Gasteiger partial charge in [-0.05, 0) is 13.8 Å². The van der Waals surface area contributed by atoms with Gasteiger partial charge in [-0.3, -0.25) is 0 Å². The average molecular weight is 203 g/mol. The van der Waals surface area contributed by atoms with E-state index in [0.717, 1.165) is 0 Å². The van der Waals surface area contributed by atoms with Gasteiger partial charge >= 0.3 is 6.09 Å². The first-order chi connectivity index (χ1) is 6.70. The quantitative estimate of drug-likeness (QED) is 0.638. The molecule has 1 saturated heterocycles. The Kier molecular flexibility index (Phi) is 4.69. The van der Waals surface area contributed by atoms with Gasteiger partial charge in [-0.15, -0.1) is 0 Å². The Labute approximate surface area is 83.9 Å². The molecule has 0 aromatic heterocycles. The van der Waals surface area contributed by atoms with Crippen LogP contribution in [0, 0.1) is 0 Å². The number of nitrogens with zero attached hydrogens (tertiary/aromatic N) is 1. The second-order valence-electron chi connectivity index (χ2n) is 3.34. The average Bonchev–Trinajstić information content (AvgIpc) is 2.18. The van der Waals surface area contributed by atoms with Gasteiger partial charge in [0.05, 0.1) is 19.3 Å². The summed E-state index contributed by atoms with van der Waals surface area (Å²) >= 11 is 0. The summed E-state index contributed by atoms with van der Waals surface area (Å²) in [5.74, 6) is 0. The van der Waals surface area contributed by atoms with Crippen LogP contribution in [0.15, 0.2) is 0 Å². The first kappa shape index (κ1) is 11.3. The summed E-state index contributed by atoms with van der Waals surface area (Å²) in [6, 6.07) is 0. The summed E-state index contributed by atoms with van der Waals surface area (Å²) < 4.78 is 15.1. The largest absolute Gasteiger partial charge is 0.422 e. The highest BCUT2D eigenvalue weighted by Crippen LogP contribution is 2.00. The molecular weight excluding hydrogens is 186 g/mol. The van der Waals surface area contributed by atoms with Crippen molar-refractivity contribution in [1.29, 1.82) is 0 Å². The first-order valence-corrected chi connectivity index (χ1v) is 4.81. The number of amides is 1. The molecule has 0 aromatic carbocycles. The zero-order chi connectivity index (χ0) is 10.4. The Bertz CT molecular complexity index is 178. The second-order valence-corrected chi connectivity index (χ2v) is 3.34. The maximum atomic E-state index is 11.3. The van der Waals surface area contributed by atoms with Gasteiger partial charge in [-0.25, -0.2) is 4.79 Å². The maximum absolute atomic E-state index is 11.3. The molecule has 0 unspecified atom stereocenters. The van der Waals surface area contributed by atoms with Crippen molar-refractivity contribution in [2.45, 2.75) is 20.0 Å². The molecular formula is C9H17NO4. The molecule has 0 spiro atoms. The Balaban J connectivity index is 2.13. The second kappa shape index (κ2) is 5.82. The van der Waals surface area contributed by atoms with E-state index in [1.165, 1.54) is 0 Å². The lowest BCUT2D eigenvalue weighted by molar-refractivity contribution is -0.0602. The normalized spacial score (nSPS) is 17.2. The molecule has 1 fully saturated rings. The molecule has 0 aliphatic carbocycles. The lowest BCUT2D eigenvalue weighted by Crippen LogP contribution is -2.41. The van der Waals surface area contributed by atoms with Crippen molar-refractivity contribution in [2.75, 3.05) is 33.1 Å². The predicted molar refractivity (Wildman–Crippen MR) is 50.0 cm³/mol. The van der Waals surface area contributed by atoms with Crippen molar-refractivity contribution in [3.63, 3.8) is 0 Å². The van der Waals surface area contributed by atoms with Crippen molar-refractivity contribution in [3.8, 4) is 0 Å². The van der Waals surface area contributed by atoms with E-state index < -0.39 is 0 Å². The number of morpholine rings is 1. The van der Waals surface area contributed by atoms with E-state index in [1.54, 1.807) is 4.90 Å².